The Labute approximate surface area is 82.6 Å². The van der Waals surface area contributed by atoms with Gasteiger partial charge in [0.15, 0.2) is 5.75 Å². The van der Waals surface area contributed by atoms with Crippen molar-refractivity contribution >= 4 is 5.69 Å². The molecule has 0 heterocycles. The van der Waals surface area contributed by atoms with Crippen LogP contribution >= 0.6 is 0 Å². The highest BCUT2D eigenvalue weighted by molar-refractivity contribution is 5.69. The third kappa shape index (κ3) is 1.69. The second-order valence-corrected chi connectivity index (χ2v) is 3.16. The summed E-state index contributed by atoms with van der Waals surface area (Å²) in [4.78, 5) is 0. The molecule has 0 amide bonds. The van der Waals surface area contributed by atoms with Crippen molar-refractivity contribution in [1.29, 1.82) is 0 Å². The Morgan fingerprint density at radius 1 is 0.857 bits per heavy atom. The highest BCUT2D eigenvalue weighted by Crippen LogP contribution is 2.26. The molecule has 2 aromatic rings. The lowest BCUT2D eigenvalue weighted by molar-refractivity contribution is 0.355. The molecule has 0 aliphatic heterocycles. The van der Waals surface area contributed by atoms with Crippen LogP contribution in [0.5, 0.6) is 5.75 Å². The predicted octanol–water partition coefficient (Wildman–Crippen LogP) is 3.08. The van der Waals surface area contributed by atoms with Crippen LogP contribution in [0.25, 0.3) is 11.1 Å². The van der Waals surface area contributed by atoms with Gasteiger partial charge in [-0.15, -0.1) is 0 Å². The van der Waals surface area contributed by atoms with E-state index in [9.17, 15) is 5.11 Å². The van der Waals surface area contributed by atoms with Gasteiger partial charge in [0, 0.05) is 11.8 Å². The lowest BCUT2D eigenvalue weighted by Gasteiger charge is -2.02. The topological polar surface area (TPSA) is 45.9 Å². The fourth-order valence-corrected chi connectivity index (χ4v) is 1.42. The standard InChI is InChI=1S/C12H10NO/c13-11-6-10(7-12(14)8-11)9-4-2-1-3-5-9/h1-8H,13H2. The van der Waals surface area contributed by atoms with E-state index in [0.717, 1.165) is 11.1 Å². The Balaban J connectivity index is 2.52. The number of nitrogens with two attached hydrogens (primary N) is 1. The van der Waals surface area contributed by atoms with Crippen molar-refractivity contribution in [3.05, 3.63) is 48.5 Å². The summed E-state index contributed by atoms with van der Waals surface area (Å²) < 4.78 is 0. The molecule has 2 nitrogen and oxygen atoms in total. The van der Waals surface area contributed by atoms with Crippen LogP contribution in [-0.4, -0.2) is 0 Å². The number of anilines is 1. The van der Waals surface area contributed by atoms with Crippen molar-refractivity contribution in [1.82, 2.24) is 0 Å². The monoisotopic (exact) mass is 184 g/mol. The van der Waals surface area contributed by atoms with Crippen LogP contribution in [0.4, 0.5) is 5.69 Å². The van der Waals surface area contributed by atoms with Crippen molar-refractivity contribution < 1.29 is 5.11 Å². The first-order valence-electron chi connectivity index (χ1n) is 4.39. The Kier molecular flexibility index (Phi) is 2.11. The fraction of sp³-hybridized carbons (Fsp3) is 0. The molecule has 2 N–H and O–H groups in total. The van der Waals surface area contributed by atoms with Crippen LogP contribution in [0.1, 0.15) is 0 Å². The summed E-state index contributed by atoms with van der Waals surface area (Å²) in [6, 6.07) is 14.5. The van der Waals surface area contributed by atoms with Gasteiger partial charge in [-0.2, -0.15) is 0 Å². The van der Waals surface area contributed by atoms with E-state index in [1.807, 2.05) is 30.3 Å². The molecule has 2 aromatic carbocycles. The van der Waals surface area contributed by atoms with Crippen LogP contribution in [0.2, 0.25) is 0 Å². The van der Waals surface area contributed by atoms with Gasteiger partial charge in [0.05, 0.1) is 0 Å². The maximum Gasteiger partial charge on any atom is 0.181 e. The fourth-order valence-electron chi connectivity index (χ4n) is 1.42. The van der Waals surface area contributed by atoms with Gasteiger partial charge in [0.25, 0.3) is 0 Å². The average Bonchev–Trinajstić information content (AvgIpc) is 2.18. The van der Waals surface area contributed by atoms with Crippen LogP contribution in [0, 0.1) is 0 Å². The minimum atomic E-state index is -0.0520. The zero-order valence-electron chi connectivity index (χ0n) is 7.60. The van der Waals surface area contributed by atoms with Gasteiger partial charge in [-0.25, -0.2) is 0 Å². The second kappa shape index (κ2) is 3.42. The number of hydrogen-bond acceptors (Lipinski definition) is 1. The maximum absolute atomic E-state index is 11.2. The molecular formula is C12H10NO. The average molecular weight is 184 g/mol. The highest BCUT2D eigenvalue weighted by atomic mass is 16.3. The summed E-state index contributed by atoms with van der Waals surface area (Å²) in [5, 5.41) is 11.2. The lowest BCUT2D eigenvalue weighted by atomic mass is 10.1. The van der Waals surface area contributed by atoms with Gasteiger partial charge in [-0.05, 0) is 23.3 Å². The van der Waals surface area contributed by atoms with Gasteiger partial charge in [0.2, 0.25) is 0 Å². The molecule has 0 aliphatic carbocycles. The molecule has 0 aromatic heterocycles. The van der Waals surface area contributed by atoms with Crippen molar-refractivity contribution in [2.45, 2.75) is 0 Å². The van der Waals surface area contributed by atoms with E-state index in [1.165, 1.54) is 6.07 Å². The summed E-state index contributed by atoms with van der Waals surface area (Å²) in [6.45, 7) is 0. The van der Waals surface area contributed by atoms with Gasteiger partial charge in [-0.1, -0.05) is 30.3 Å². The Morgan fingerprint density at radius 3 is 2.21 bits per heavy atom. The first-order chi connectivity index (χ1) is 6.75. The van der Waals surface area contributed by atoms with Crippen molar-refractivity contribution in [3.63, 3.8) is 0 Å². The quantitative estimate of drug-likeness (QED) is 0.680. The van der Waals surface area contributed by atoms with Crippen LogP contribution in [0.15, 0.2) is 48.5 Å². The molecular weight excluding hydrogens is 174 g/mol. The molecule has 0 saturated carbocycles. The summed E-state index contributed by atoms with van der Waals surface area (Å²) in [5.74, 6) is -0.0520. The molecule has 0 saturated heterocycles. The summed E-state index contributed by atoms with van der Waals surface area (Å²) in [6.07, 6.45) is 0. The highest BCUT2D eigenvalue weighted by Gasteiger charge is 2.00. The van der Waals surface area contributed by atoms with Crippen molar-refractivity contribution in [2.75, 3.05) is 5.73 Å². The number of benzene rings is 2. The molecule has 0 aliphatic rings. The van der Waals surface area contributed by atoms with E-state index in [1.54, 1.807) is 12.1 Å². The minimum absolute atomic E-state index is 0.0520. The third-order valence-electron chi connectivity index (χ3n) is 2.04. The SMILES string of the molecule is Nc1cc([O])cc(-c2ccccc2)c1. The Hall–Kier alpha value is -1.96. The van der Waals surface area contributed by atoms with Crippen LogP contribution in [-0.2, 0) is 5.11 Å². The van der Waals surface area contributed by atoms with Gasteiger partial charge in [-0.3, -0.25) is 5.11 Å². The molecule has 2 heteroatoms. The van der Waals surface area contributed by atoms with Crippen molar-refractivity contribution in [3.8, 4) is 16.9 Å². The maximum atomic E-state index is 11.2. The van der Waals surface area contributed by atoms with Crippen LogP contribution in [0.3, 0.4) is 0 Å². The molecule has 0 fully saturated rings. The van der Waals surface area contributed by atoms with E-state index in [0.29, 0.717) is 5.69 Å². The van der Waals surface area contributed by atoms with Crippen molar-refractivity contribution in [2.24, 2.45) is 0 Å². The molecule has 2 rings (SSSR count). The van der Waals surface area contributed by atoms with E-state index in [4.69, 9.17) is 5.73 Å². The number of hydrogen-bond donors (Lipinski definition) is 1. The molecule has 0 spiro atoms. The molecule has 0 atom stereocenters. The summed E-state index contributed by atoms with van der Waals surface area (Å²) in [7, 11) is 0. The Morgan fingerprint density at radius 2 is 1.57 bits per heavy atom. The van der Waals surface area contributed by atoms with Gasteiger partial charge in [0.1, 0.15) is 0 Å². The third-order valence-corrected chi connectivity index (χ3v) is 2.04. The van der Waals surface area contributed by atoms with E-state index < -0.39 is 0 Å². The molecule has 1 radical (unpaired) electrons. The van der Waals surface area contributed by atoms with Crippen LogP contribution < -0.4 is 5.73 Å². The number of rotatable bonds is 1. The van der Waals surface area contributed by atoms with E-state index in [-0.39, 0.29) is 5.75 Å². The van der Waals surface area contributed by atoms with E-state index in [2.05, 4.69) is 0 Å². The predicted molar refractivity (Wildman–Crippen MR) is 56.4 cm³/mol. The molecule has 0 unspecified atom stereocenters. The first kappa shape index (κ1) is 8.63. The lowest BCUT2D eigenvalue weighted by Crippen LogP contribution is -1.85. The zero-order valence-corrected chi connectivity index (χ0v) is 7.60. The zero-order chi connectivity index (χ0) is 9.97. The summed E-state index contributed by atoms with van der Waals surface area (Å²) >= 11 is 0. The second-order valence-electron chi connectivity index (χ2n) is 3.16. The molecule has 14 heavy (non-hydrogen) atoms. The largest absolute Gasteiger partial charge is 0.399 e. The van der Waals surface area contributed by atoms with E-state index >= 15 is 0 Å². The molecule has 0 bridgehead atoms. The van der Waals surface area contributed by atoms with Gasteiger partial charge >= 0.3 is 0 Å². The first-order valence-corrected chi connectivity index (χ1v) is 4.39. The smallest absolute Gasteiger partial charge is 0.181 e. The Bertz CT molecular complexity index is 417. The number of nitrogen functional groups attached to an aromatic ring is 1. The minimum Gasteiger partial charge on any atom is -0.399 e. The normalized spacial score (nSPS) is 10.0. The summed E-state index contributed by atoms with van der Waals surface area (Å²) in [5.41, 5.74) is 7.99. The van der Waals surface area contributed by atoms with Gasteiger partial charge < -0.3 is 5.73 Å². The molecule has 69 valence electrons.